The van der Waals surface area contributed by atoms with Gasteiger partial charge in [0.1, 0.15) is 5.82 Å². The van der Waals surface area contributed by atoms with E-state index in [2.05, 4.69) is 20.2 Å². The van der Waals surface area contributed by atoms with E-state index in [9.17, 15) is 4.79 Å². The number of imidazole rings is 1. The second-order valence-electron chi connectivity index (χ2n) is 6.21. The Morgan fingerprint density at radius 1 is 1.48 bits per heavy atom. The highest BCUT2D eigenvalue weighted by Crippen LogP contribution is 2.17. The fourth-order valence-corrected chi connectivity index (χ4v) is 3.04. The van der Waals surface area contributed by atoms with Gasteiger partial charge in [-0.3, -0.25) is 4.79 Å². The molecule has 0 spiro atoms. The van der Waals surface area contributed by atoms with Crippen LogP contribution in [0.25, 0.3) is 0 Å². The number of likely N-dealkylation sites (tertiary alicyclic amines) is 1. The molecular formula is C17H24N4O2. The van der Waals surface area contributed by atoms with Gasteiger partial charge in [0.25, 0.3) is 5.91 Å². The number of amides is 1. The van der Waals surface area contributed by atoms with Crippen LogP contribution in [0.2, 0.25) is 0 Å². The molecule has 1 aliphatic rings. The van der Waals surface area contributed by atoms with Crippen LogP contribution in [0.1, 0.15) is 34.8 Å². The zero-order valence-corrected chi connectivity index (χ0v) is 13.5. The molecule has 2 aromatic heterocycles. The fourth-order valence-electron chi connectivity index (χ4n) is 3.04. The predicted octanol–water partition coefficient (Wildman–Crippen LogP) is 2.00. The molecule has 1 saturated heterocycles. The number of nitrogens with one attached hydrogen (secondary N) is 2. The van der Waals surface area contributed by atoms with Gasteiger partial charge in [-0.1, -0.05) is 0 Å². The van der Waals surface area contributed by atoms with Crippen molar-refractivity contribution in [1.29, 1.82) is 0 Å². The van der Waals surface area contributed by atoms with Crippen LogP contribution < -0.4 is 5.32 Å². The van der Waals surface area contributed by atoms with Gasteiger partial charge < -0.3 is 19.6 Å². The normalized spacial score (nSPS) is 16.6. The van der Waals surface area contributed by atoms with Crippen molar-refractivity contribution in [3.63, 3.8) is 0 Å². The van der Waals surface area contributed by atoms with Crippen molar-refractivity contribution in [2.75, 3.05) is 26.2 Å². The van der Waals surface area contributed by atoms with Gasteiger partial charge in [0.15, 0.2) is 5.76 Å². The minimum atomic E-state index is -0.104. The lowest BCUT2D eigenvalue weighted by molar-refractivity contribution is 0.0907. The minimum Gasteiger partial charge on any atom is -0.459 e. The summed E-state index contributed by atoms with van der Waals surface area (Å²) in [5, 5.41) is 3.00. The number of carbonyl (C=O) groups is 1. The fraction of sp³-hybridized carbons (Fsp3) is 0.529. The third kappa shape index (κ3) is 4.22. The number of aromatic nitrogens is 2. The first kappa shape index (κ1) is 15.8. The van der Waals surface area contributed by atoms with Crippen molar-refractivity contribution in [1.82, 2.24) is 20.2 Å². The molecule has 0 unspecified atom stereocenters. The lowest BCUT2D eigenvalue weighted by Gasteiger charge is -2.31. The van der Waals surface area contributed by atoms with Crippen molar-refractivity contribution < 1.29 is 9.21 Å². The van der Waals surface area contributed by atoms with Gasteiger partial charge in [-0.15, -0.1) is 0 Å². The molecule has 1 amide bonds. The third-order valence-electron chi connectivity index (χ3n) is 4.55. The Kier molecular flexibility index (Phi) is 5.12. The first-order chi connectivity index (χ1) is 11.2. The van der Waals surface area contributed by atoms with Crippen molar-refractivity contribution in [2.24, 2.45) is 5.92 Å². The second kappa shape index (κ2) is 7.46. The number of hydrogen-bond acceptors (Lipinski definition) is 4. The second-order valence-corrected chi connectivity index (χ2v) is 6.21. The first-order valence-electron chi connectivity index (χ1n) is 8.25. The van der Waals surface area contributed by atoms with Gasteiger partial charge in [-0.05, 0) is 44.8 Å². The Hall–Kier alpha value is -2.08. The molecular weight excluding hydrogens is 292 g/mol. The molecule has 0 saturated carbocycles. The molecule has 1 fully saturated rings. The van der Waals surface area contributed by atoms with E-state index in [0.717, 1.165) is 56.8 Å². The molecule has 2 aromatic rings. The number of hydrogen-bond donors (Lipinski definition) is 2. The maximum atomic E-state index is 12.0. The Balaban J connectivity index is 1.36. The van der Waals surface area contributed by atoms with Gasteiger partial charge in [0.05, 0.1) is 6.26 Å². The zero-order valence-electron chi connectivity index (χ0n) is 13.5. The van der Waals surface area contributed by atoms with Crippen LogP contribution in [0.3, 0.4) is 0 Å². The molecule has 0 aromatic carbocycles. The lowest BCUT2D eigenvalue weighted by Crippen LogP contribution is -2.39. The molecule has 1 aliphatic heterocycles. The standard InChI is InChI=1S/C17H24N4O2/c1-13-5-11-23-16(13)17(22)20-12-14-2-8-21(9-3-14)10-4-15-18-6-7-19-15/h5-7,11,14H,2-4,8-10,12H2,1H3,(H,18,19)(H,20,22). The smallest absolute Gasteiger partial charge is 0.287 e. The molecule has 0 atom stereocenters. The first-order valence-corrected chi connectivity index (χ1v) is 8.25. The Morgan fingerprint density at radius 2 is 2.30 bits per heavy atom. The van der Waals surface area contributed by atoms with Crippen LogP contribution in [0.4, 0.5) is 0 Å². The number of piperidine rings is 1. The average molecular weight is 316 g/mol. The van der Waals surface area contributed by atoms with Gasteiger partial charge in [-0.25, -0.2) is 4.98 Å². The number of carbonyl (C=O) groups excluding carboxylic acids is 1. The molecule has 0 aliphatic carbocycles. The van der Waals surface area contributed by atoms with E-state index in [0.29, 0.717) is 11.7 Å². The van der Waals surface area contributed by atoms with Crippen molar-refractivity contribution in [2.45, 2.75) is 26.2 Å². The van der Waals surface area contributed by atoms with E-state index in [1.807, 2.05) is 19.2 Å². The Bertz CT molecular complexity index is 612. The molecule has 6 nitrogen and oxygen atoms in total. The SMILES string of the molecule is Cc1ccoc1C(=O)NCC1CCN(CCc2ncc[nH]2)CC1. The highest BCUT2D eigenvalue weighted by Gasteiger charge is 2.20. The highest BCUT2D eigenvalue weighted by molar-refractivity contribution is 5.92. The van der Waals surface area contributed by atoms with Crippen LogP contribution in [0.15, 0.2) is 29.1 Å². The largest absolute Gasteiger partial charge is 0.459 e. The molecule has 124 valence electrons. The molecule has 0 bridgehead atoms. The summed E-state index contributed by atoms with van der Waals surface area (Å²) in [6, 6.07) is 1.81. The van der Waals surface area contributed by atoms with Crippen LogP contribution in [0.5, 0.6) is 0 Å². The summed E-state index contributed by atoms with van der Waals surface area (Å²) in [4.78, 5) is 21.9. The van der Waals surface area contributed by atoms with E-state index in [1.165, 1.54) is 0 Å². The molecule has 3 rings (SSSR count). The number of aryl methyl sites for hydroxylation is 1. The number of furan rings is 1. The summed E-state index contributed by atoms with van der Waals surface area (Å²) in [7, 11) is 0. The van der Waals surface area contributed by atoms with E-state index in [-0.39, 0.29) is 5.91 Å². The summed E-state index contributed by atoms with van der Waals surface area (Å²) in [5.41, 5.74) is 0.884. The topological polar surface area (TPSA) is 74.2 Å². The maximum Gasteiger partial charge on any atom is 0.287 e. The lowest BCUT2D eigenvalue weighted by atomic mass is 9.96. The van der Waals surface area contributed by atoms with E-state index in [1.54, 1.807) is 12.5 Å². The summed E-state index contributed by atoms with van der Waals surface area (Å²) >= 11 is 0. The summed E-state index contributed by atoms with van der Waals surface area (Å²) in [6.45, 7) is 5.82. The third-order valence-corrected chi connectivity index (χ3v) is 4.55. The molecule has 0 radical (unpaired) electrons. The quantitative estimate of drug-likeness (QED) is 0.855. The molecule has 6 heteroatoms. The number of nitrogens with zero attached hydrogens (tertiary/aromatic N) is 2. The van der Waals surface area contributed by atoms with Crippen LogP contribution >= 0.6 is 0 Å². The van der Waals surface area contributed by atoms with E-state index >= 15 is 0 Å². The number of H-pyrrole nitrogens is 1. The molecule has 3 heterocycles. The maximum absolute atomic E-state index is 12.0. The van der Waals surface area contributed by atoms with Crippen LogP contribution in [-0.4, -0.2) is 47.0 Å². The van der Waals surface area contributed by atoms with Crippen molar-refractivity contribution in [3.05, 3.63) is 41.9 Å². The summed E-state index contributed by atoms with van der Waals surface area (Å²) < 4.78 is 5.22. The van der Waals surface area contributed by atoms with Crippen molar-refractivity contribution >= 4 is 5.91 Å². The zero-order chi connectivity index (χ0) is 16.1. The Morgan fingerprint density at radius 3 is 2.96 bits per heavy atom. The van der Waals surface area contributed by atoms with Gasteiger partial charge in [0, 0.05) is 37.5 Å². The van der Waals surface area contributed by atoms with Crippen molar-refractivity contribution in [3.8, 4) is 0 Å². The van der Waals surface area contributed by atoms with Gasteiger partial charge in [0.2, 0.25) is 0 Å². The van der Waals surface area contributed by atoms with Gasteiger partial charge in [-0.2, -0.15) is 0 Å². The molecule has 2 N–H and O–H groups in total. The van der Waals surface area contributed by atoms with Crippen LogP contribution in [-0.2, 0) is 6.42 Å². The summed E-state index contributed by atoms with van der Waals surface area (Å²) in [6.07, 6.45) is 8.43. The summed E-state index contributed by atoms with van der Waals surface area (Å²) in [5.74, 6) is 1.93. The van der Waals surface area contributed by atoms with E-state index < -0.39 is 0 Å². The van der Waals surface area contributed by atoms with Gasteiger partial charge >= 0.3 is 0 Å². The van der Waals surface area contributed by atoms with E-state index in [4.69, 9.17) is 4.42 Å². The number of rotatable bonds is 6. The van der Waals surface area contributed by atoms with Crippen LogP contribution in [0, 0.1) is 12.8 Å². The Labute approximate surface area is 136 Å². The minimum absolute atomic E-state index is 0.104. The molecule has 23 heavy (non-hydrogen) atoms. The predicted molar refractivity (Wildman–Crippen MR) is 87.2 cm³/mol. The highest BCUT2D eigenvalue weighted by atomic mass is 16.3. The average Bonchev–Trinajstić information content (AvgIpc) is 3.23. The monoisotopic (exact) mass is 316 g/mol. The number of aromatic amines is 1.